The summed E-state index contributed by atoms with van der Waals surface area (Å²) in [7, 11) is 2.06. The van der Waals surface area contributed by atoms with Crippen molar-refractivity contribution in [3.63, 3.8) is 0 Å². The molecule has 3 nitrogen and oxygen atoms in total. The highest BCUT2D eigenvalue weighted by Gasteiger charge is 2.14. The van der Waals surface area contributed by atoms with Gasteiger partial charge in [0.25, 0.3) is 0 Å². The number of hydrogen-bond acceptors (Lipinski definition) is 4. The van der Waals surface area contributed by atoms with Gasteiger partial charge in [0, 0.05) is 24.7 Å². The Labute approximate surface area is 106 Å². The summed E-state index contributed by atoms with van der Waals surface area (Å²) in [6.07, 6.45) is 1.81. The predicted molar refractivity (Wildman–Crippen MR) is 73.3 cm³/mol. The Morgan fingerprint density at radius 2 is 2.29 bits per heavy atom. The van der Waals surface area contributed by atoms with Crippen LogP contribution in [0.3, 0.4) is 0 Å². The van der Waals surface area contributed by atoms with Crippen LogP contribution in [-0.2, 0) is 6.54 Å². The largest absolute Gasteiger partial charge is 0.352 e. The summed E-state index contributed by atoms with van der Waals surface area (Å²) in [5.74, 6) is 0.967. The van der Waals surface area contributed by atoms with E-state index in [1.807, 2.05) is 18.3 Å². The average molecular weight is 247 g/mol. The minimum atomic E-state index is 0.329. The van der Waals surface area contributed by atoms with E-state index in [9.17, 15) is 0 Å². The lowest BCUT2D eigenvalue weighted by atomic mass is 10.2. The molecule has 0 aliphatic rings. The predicted octanol–water partition coefficient (Wildman–Crippen LogP) is 2.80. The summed E-state index contributed by atoms with van der Waals surface area (Å²) in [5.41, 5.74) is 6.76. The molecule has 2 N–H and O–H groups in total. The lowest BCUT2D eigenvalue weighted by molar-refractivity contribution is 0.741. The summed E-state index contributed by atoms with van der Waals surface area (Å²) in [5, 5.41) is 2.10. The Balaban J connectivity index is 2.21. The first-order valence-corrected chi connectivity index (χ1v) is 6.51. The van der Waals surface area contributed by atoms with E-state index in [0.29, 0.717) is 12.6 Å². The number of nitrogens with zero attached hydrogens (tertiary/aromatic N) is 2. The lowest BCUT2D eigenvalue weighted by Crippen LogP contribution is -2.22. The van der Waals surface area contributed by atoms with Crippen LogP contribution in [0.15, 0.2) is 35.8 Å². The van der Waals surface area contributed by atoms with Gasteiger partial charge >= 0.3 is 0 Å². The molecule has 0 bridgehead atoms. The second-order valence-corrected chi connectivity index (χ2v) is 5.01. The Hall–Kier alpha value is -1.39. The van der Waals surface area contributed by atoms with Gasteiger partial charge in [0.05, 0.1) is 6.04 Å². The normalized spacial score (nSPS) is 12.4. The van der Waals surface area contributed by atoms with Crippen molar-refractivity contribution in [3.05, 3.63) is 46.3 Å². The van der Waals surface area contributed by atoms with Crippen LogP contribution in [0.2, 0.25) is 0 Å². The van der Waals surface area contributed by atoms with Crippen molar-refractivity contribution in [2.75, 3.05) is 11.9 Å². The van der Waals surface area contributed by atoms with Gasteiger partial charge in [-0.2, -0.15) is 0 Å². The third-order valence-electron chi connectivity index (χ3n) is 2.94. The van der Waals surface area contributed by atoms with Gasteiger partial charge in [-0.25, -0.2) is 4.98 Å². The highest BCUT2D eigenvalue weighted by atomic mass is 32.1. The molecular formula is C13H17N3S. The van der Waals surface area contributed by atoms with Crippen LogP contribution < -0.4 is 10.6 Å². The van der Waals surface area contributed by atoms with Crippen LogP contribution in [0, 0.1) is 0 Å². The molecule has 0 radical (unpaired) electrons. The number of anilines is 1. The van der Waals surface area contributed by atoms with Crippen LogP contribution in [-0.4, -0.2) is 12.0 Å². The van der Waals surface area contributed by atoms with Gasteiger partial charge in [-0.1, -0.05) is 6.07 Å². The molecule has 0 aliphatic heterocycles. The molecule has 2 aromatic heterocycles. The fourth-order valence-electron chi connectivity index (χ4n) is 1.70. The summed E-state index contributed by atoms with van der Waals surface area (Å²) in [4.78, 5) is 7.91. The van der Waals surface area contributed by atoms with Gasteiger partial charge in [0.1, 0.15) is 5.82 Å². The first-order valence-electron chi connectivity index (χ1n) is 5.63. The zero-order valence-corrected chi connectivity index (χ0v) is 10.9. The van der Waals surface area contributed by atoms with Gasteiger partial charge in [0.2, 0.25) is 0 Å². The molecule has 2 rings (SSSR count). The van der Waals surface area contributed by atoms with E-state index in [0.717, 1.165) is 11.4 Å². The lowest BCUT2D eigenvalue weighted by Gasteiger charge is -2.25. The quantitative estimate of drug-likeness (QED) is 0.903. The Bertz CT molecular complexity index is 467. The summed E-state index contributed by atoms with van der Waals surface area (Å²) < 4.78 is 0. The van der Waals surface area contributed by atoms with Crippen LogP contribution in [0.4, 0.5) is 5.82 Å². The summed E-state index contributed by atoms with van der Waals surface area (Å²) in [6, 6.07) is 8.56. The van der Waals surface area contributed by atoms with Crippen LogP contribution in [0.1, 0.15) is 23.4 Å². The molecule has 1 atom stereocenters. The van der Waals surface area contributed by atoms with E-state index in [2.05, 4.69) is 41.4 Å². The molecular weight excluding hydrogens is 230 g/mol. The van der Waals surface area contributed by atoms with Crippen LogP contribution in [0.5, 0.6) is 0 Å². The Kier molecular flexibility index (Phi) is 3.76. The average Bonchev–Trinajstić information content (AvgIpc) is 2.91. The molecule has 2 aromatic rings. The summed E-state index contributed by atoms with van der Waals surface area (Å²) >= 11 is 1.77. The van der Waals surface area contributed by atoms with Crippen molar-refractivity contribution in [1.82, 2.24) is 4.98 Å². The van der Waals surface area contributed by atoms with E-state index < -0.39 is 0 Å². The van der Waals surface area contributed by atoms with Crippen molar-refractivity contribution in [2.45, 2.75) is 19.5 Å². The minimum absolute atomic E-state index is 0.329. The monoisotopic (exact) mass is 247 g/mol. The van der Waals surface area contributed by atoms with Gasteiger partial charge in [-0.05, 0) is 36.1 Å². The number of rotatable bonds is 4. The SMILES string of the molecule is CC(c1cccs1)N(C)c1cc(CN)ccn1. The summed E-state index contributed by atoms with van der Waals surface area (Å²) in [6.45, 7) is 2.74. The maximum atomic E-state index is 5.65. The number of thiophene rings is 1. The molecule has 1 unspecified atom stereocenters. The zero-order valence-electron chi connectivity index (χ0n) is 10.1. The third-order valence-corrected chi connectivity index (χ3v) is 3.99. The minimum Gasteiger partial charge on any atom is -0.352 e. The van der Waals surface area contributed by atoms with Crippen molar-refractivity contribution in [1.29, 1.82) is 0 Å². The first-order chi connectivity index (χ1) is 8.22. The smallest absolute Gasteiger partial charge is 0.129 e. The second-order valence-electron chi connectivity index (χ2n) is 4.03. The standard InChI is InChI=1S/C13H17N3S/c1-10(12-4-3-7-17-12)16(2)13-8-11(9-14)5-6-15-13/h3-8,10H,9,14H2,1-2H3. The highest BCUT2D eigenvalue weighted by Crippen LogP contribution is 2.27. The molecule has 2 heterocycles. The van der Waals surface area contributed by atoms with Crippen molar-refractivity contribution >= 4 is 17.2 Å². The highest BCUT2D eigenvalue weighted by molar-refractivity contribution is 7.10. The maximum Gasteiger partial charge on any atom is 0.129 e. The third kappa shape index (κ3) is 2.65. The Morgan fingerprint density at radius 3 is 2.94 bits per heavy atom. The molecule has 0 aliphatic carbocycles. The van der Waals surface area contributed by atoms with E-state index in [-0.39, 0.29) is 0 Å². The molecule has 0 saturated carbocycles. The molecule has 17 heavy (non-hydrogen) atoms. The van der Waals surface area contributed by atoms with Gasteiger partial charge in [-0.15, -0.1) is 11.3 Å². The van der Waals surface area contributed by atoms with Gasteiger partial charge < -0.3 is 10.6 Å². The number of pyridine rings is 1. The van der Waals surface area contributed by atoms with E-state index >= 15 is 0 Å². The van der Waals surface area contributed by atoms with E-state index in [4.69, 9.17) is 5.73 Å². The van der Waals surface area contributed by atoms with Crippen molar-refractivity contribution < 1.29 is 0 Å². The van der Waals surface area contributed by atoms with Gasteiger partial charge in [-0.3, -0.25) is 0 Å². The van der Waals surface area contributed by atoms with Crippen LogP contribution in [0.25, 0.3) is 0 Å². The topological polar surface area (TPSA) is 42.1 Å². The maximum absolute atomic E-state index is 5.65. The van der Waals surface area contributed by atoms with Gasteiger partial charge in [0.15, 0.2) is 0 Å². The van der Waals surface area contributed by atoms with E-state index in [1.165, 1.54) is 4.88 Å². The van der Waals surface area contributed by atoms with Crippen LogP contribution >= 0.6 is 11.3 Å². The fraction of sp³-hybridized carbons (Fsp3) is 0.308. The fourth-order valence-corrected chi connectivity index (χ4v) is 2.53. The second kappa shape index (κ2) is 5.29. The zero-order chi connectivity index (χ0) is 12.3. The van der Waals surface area contributed by atoms with E-state index in [1.54, 1.807) is 11.3 Å². The number of hydrogen-bond donors (Lipinski definition) is 1. The molecule has 0 aromatic carbocycles. The molecule has 0 saturated heterocycles. The number of nitrogens with two attached hydrogens (primary N) is 1. The molecule has 90 valence electrons. The molecule has 0 spiro atoms. The van der Waals surface area contributed by atoms with Crippen molar-refractivity contribution in [2.24, 2.45) is 5.73 Å². The molecule has 0 fully saturated rings. The molecule has 0 amide bonds. The first kappa shape index (κ1) is 12.1. The Morgan fingerprint density at radius 1 is 1.47 bits per heavy atom. The molecule has 4 heteroatoms. The number of aromatic nitrogens is 1. The van der Waals surface area contributed by atoms with Crippen molar-refractivity contribution in [3.8, 4) is 0 Å².